The normalized spacial score (nSPS) is 11.0. The van der Waals surface area contributed by atoms with E-state index in [2.05, 4.69) is 10.6 Å². The van der Waals surface area contributed by atoms with Gasteiger partial charge in [-0.25, -0.2) is 0 Å². The summed E-state index contributed by atoms with van der Waals surface area (Å²) in [7, 11) is 1.59. The molecule has 0 fully saturated rings. The fourth-order valence-electron chi connectivity index (χ4n) is 2.04. The molecule has 7 heteroatoms. The number of carbonyl (C=O) groups excluding carboxylic acids is 1. The summed E-state index contributed by atoms with van der Waals surface area (Å²) in [5, 5.41) is 5.78. The minimum absolute atomic E-state index is 0.126. The zero-order valence-electron chi connectivity index (χ0n) is 12.6. The molecular weight excluding hydrogens is 322 g/mol. The Bertz CT molecular complexity index is 647. The van der Waals surface area contributed by atoms with Gasteiger partial charge in [0.05, 0.1) is 12.3 Å². The molecule has 0 saturated carbocycles. The molecular formula is C16H18F2N2O2S. The van der Waals surface area contributed by atoms with Crippen LogP contribution in [0.1, 0.15) is 27.4 Å². The van der Waals surface area contributed by atoms with Gasteiger partial charge in [-0.1, -0.05) is 23.9 Å². The van der Waals surface area contributed by atoms with E-state index in [9.17, 15) is 13.6 Å². The molecule has 0 aliphatic rings. The van der Waals surface area contributed by atoms with Crippen LogP contribution in [0, 0.1) is 0 Å². The Labute approximate surface area is 137 Å². The van der Waals surface area contributed by atoms with Crippen LogP contribution in [-0.4, -0.2) is 18.7 Å². The second-order valence-electron chi connectivity index (χ2n) is 4.82. The third kappa shape index (κ3) is 5.69. The van der Waals surface area contributed by atoms with Crippen LogP contribution in [0.25, 0.3) is 0 Å². The monoisotopic (exact) mass is 340 g/mol. The molecule has 4 nitrogen and oxygen atoms in total. The van der Waals surface area contributed by atoms with E-state index < -0.39 is 5.76 Å². The fourth-order valence-corrected chi connectivity index (χ4v) is 2.48. The van der Waals surface area contributed by atoms with Crippen LogP contribution in [0.5, 0.6) is 0 Å². The van der Waals surface area contributed by atoms with Crippen LogP contribution in [0.3, 0.4) is 0 Å². The molecule has 0 spiro atoms. The summed E-state index contributed by atoms with van der Waals surface area (Å²) in [5.74, 6) is -1.13. The maximum Gasteiger partial charge on any atom is 0.284 e. The Morgan fingerprint density at radius 2 is 2.00 bits per heavy atom. The van der Waals surface area contributed by atoms with Crippen molar-refractivity contribution in [2.45, 2.75) is 24.6 Å². The molecule has 23 heavy (non-hydrogen) atoms. The summed E-state index contributed by atoms with van der Waals surface area (Å²) in [6, 6.07) is 10.8. The standard InChI is InChI=1S/C16H18F2N2O2S/c1-19-15(21)12-4-2-3-11(7-12)8-20-9-13-5-6-14(22-13)10-23-16(17)18/h2-7,16,20H,8-10H2,1H3,(H,19,21). The van der Waals surface area contributed by atoms with Gasteiger partial charge in [0, 0.05) is 19.2 Å². The third-order valence-electron chi connectivity index (χ3n) is 3.11. The number of halogens is 2. The number of nitrogens with one attached hydrogen (secondary N) is 2. The molecule has 0 aliphatic heterocycles. The number of hydrogen-bond donors (Lipinski definition) is 2. The summed E-state index contributed by atoms with van der Waals surface area (Å²) < 4.78 is 29.7. The Morgan fingerprint density at radius 3 is 2.74 bits per heavy atom. The molecule has 1 aromatic carbocycles. The number of alkyl halides is 2. The molecule has 0 unspecified atom stereocenters. The maximum absolute atomic E-state index is 12.1. The van der Waals surface area contributed by atoms with E-state index >= 15 is 0 Å². The van der Waals surface area contributed by atoms with Gasteiger partial charge in [0.25, 0.3) is 11.7 Å². The van der Waals surface area contributed by atoms with Crippen molar-refractivity contribution in [2.24, 2.45) is 0 Å². The van der Waals surface area contributed by atoms with Crippen LogP contribution in [0.4, 0.5) is 8.78 Å². The molecule has 2 aromatic rings. The van der Waals surface area contributed by atoms with E-state index in [-0.39, 0.29) is 11.7 Å². The van der Waals surface area contributed by atoms with E-state index in [1.54, 1.807) is 25.2 Å². The summed E-state index contributed by atoms with van der Waals surface area (Å²) in [5.41, 5.74) is 1.59. The molecule has 1 amide bonds. The lowest BCUT2D eigenvalue weighted by Crippen LogP contribution is -2.18. The molecule has 0 bridgehead atoms. The second-order valence-corrected chi connectivity index (χ2v) is 5.80. The van der Waals surface area contributed by atoms with Crippen LogP contribution >= 0.6 is 11.8 Å². The molecule has 0 saturated heterocycles. The molecule has 124 valence electrons. The van der Waals surface area contributed by atoms with Crippen LogP contribution in [0.15, 0.2) is 40.8 Å². The lowest BCUT2D eigenvalue weighted by Gasteiger charge is -2.05. The number of benzene rings is 1. The highest BCUT2D eigenvalue weighted by atomic mass is 32.2. The minimum Gasteiger partial charge on any atom is -0.464 e. The van der Waals surface area contributed by atoms with Gasteiger partial charge < -0.3 is 15.1 Å². The largest absolute Gasteiger partial charge is 0.464 e. The Balaban J connectivity index is 1.82. The fraction of sp³-hybridized carbons (Fsp3) is 0.312. The van der Waals surface area contributed by atoms with Crippen molar-refractivity contribution in [3.05, 3.63) is 59.0 Å². The summed E-state index contributed by atoms with van der Waals surface area (Å²) in [6.45, 7) is 1.07. The predicted molar refractivity (Wildman–Crippen MR) is 86.4 cm³/mol. The molecule has 0 aliphatic carbocycles. The predicted octanol–water partition coefficient (Wildman–Crippen LogP) is 3.38. The highest BCUT2D eigenvalue weighted by Gasteiger charge is 2.07. The van der Waals surface area contributed by atoms with E-state index in [0.717, 1.165) is 5.56 Å². The van der Waals surface area contributed by atoms with Crippen LogP contribution < -0.4 is 10.6 Å². The molecule has 0 radical (unpaired) electrons. The van der Waals surface area contributed by atoms with Crippen molar-refractivity contribution in [1.82, 2.24) is 10.6 Å². The second kappa shape index (κ2) is 8.69. The first-order valence-corrected chi connectivity index (χ1v) is 8.12. The van der Waals surface area contributed by atoms with Crippen molar-refractivity contribution in [3.63, 3.8) is 0 Å². The highest BCUT2D eigenvalue weighted by molar-refractivity contribution is 7.98. The van der Waals surface area contributed by atoms with Gasteiger partial charge >= 0.3 is 0 Å². The Morgan fingerprint density at radius 1 is 1.22 bits per heavy atom. The first-order valence-electron chi connectivity index (χ1n) is 7.07. The highest BCUT2D eigenvalue weighted by Crippen LogP contribution is 2.21. The summed E-state index contributed by atoms with van der Waals surface area (Å²) in [4.78, 5) is 11.6. The van der Waals surface area contributed by atoms with E-state index in [1.807, 2.05) is 18.2 Å². The first-order chi connectivity index (χ1) is 11.1. The van der Waals surface area contributed by atoms with Gasteiger partial charge in [-0.2, -0.15) is 8.78 Å². The molecule has 2 N–H and O–H groups in total. The Kier molecular flexibility index (Phi) is 6.61. The topological polar surface area (TPSA) is 54.3 Å². The number of thioether (sulfide) groups is 1. The van der Waals surface area contributed by atoms with Gasteiger partial charge in [-0.3, -0.25) is 4.79 Å². The average molecular weight is 340 g/mol. The van der Waals surface area contributed by atoms with E-state index in [1.165, 1.54) is 0 Å². The molecule has 0 atom stereocenters. The molecule has 1 heterocycles. The van der Waals surface area contributed by atoms with Crippen molar-refractivity contribution < 1.29 is 18.0 Å². The van der Waals surface area contributed by atoms with Crippen molar-refractivity contribution in [2.75, 3.05) is 7.05 Å². The maximum atomic E-state index is 12.1. The number of carbonyl (C=O) groups is 1. The van der Waals surface area contributed by atoms with Crippen LogP contribution in [-0.2, 0) is 18.8 Å². The van der Waals surface area contributed by atoms with Gasteiger partial charge in [0.2, 0.25) is 0 Å². The van der Waals surface area contributed by atoms with Crippen LogP contribution in [0.2, 0.25) is 0 Å². The molecule has 1 aromatic heterocycles. The third-order valence-corrected chi connectivity index (χ3v) is 3.82. The lowest BCUT2D eigenvalue weighted by molar-refractivity contribution is 0.0963. The van der Waals surface area contributed by atoms with Crippen molar-refractivity contribution in [1.29, 1.82) is 0 Å². The summed E-state index contributed by atoms with van der Waals surface area (Å²) in [6.07, 6.45) is 0. The first kappa shape index (κ1) is 17.5. The van der Waals surface area contributed by atoms with E-state index in [4.69, 9.17) is 4.42 Å². The van der Waals surface area contributed by atoms with Gasteiger partial charge in [-0.05, 0) is 29.8 Å². The van der Waals surface area contributed by atoms with Crippen molar-refractivity contribution in [3.8, 4) is 0 Å². The van der Waals surface area contributed by atoms with Crippen molar-refractivity contribution >= 4 is 17.7 Å². The number of amides is 1. The summed E-state index contributed by atoms with van der Waals surface area (Å²) >= 11 is 0.539. The number of hydrogen-bond acceptors (Lipinski definition) is 4. The number of rotatable bonds is 8. The van der Waals surface area contributed by atoms with Gasteiger partial charge in [-0.15, -0.1) is 0 Å². The zero-order chi connectivity index (χ0) is 16.7. The average Bonchev–Trinajstić information content (AvgIpc) is 3.00. The van der Waals surface area contributed by atoms with Gasteiger partial charge in [0.1, 0.15) is 11.5 Å². The number of furan rings is 1. The zero-order valence-corrected chi connectivity index (χ0v) is 13.5. The Hall–Kier alpha value is -1.86. The lowest BCUT2D eigenvalue weighted by atomic mass is 10.1. The molecule has 2 rings (SSSR count). The quantitative estimate of drug-likeness (QED) is 0.773. The smallest absolute Gasteiger partial charge is 0.284 e. The van der Waals surface area contributed by atoms with Gasteiger partial charge in [0.15, 0.2) is 0 Å². The minimum atomic E-state index is -2.39. The SMILES string of the molecule is CNC(=O)c1cccc(CNCc2ccc(CSC(F)F)o2)c1. The van der Waals surface area contributed by atoms with E-state index in [0.29, 0.717) is 41.9 Å².